The summed E-state index contributed by atoms with van der Waals surface area (Å²) in [6.45, 7) is 3.75. The molecular formula is C16H19N3O3. The fourth-order valence-electron chi connectivity index (χ4n) is 2.31. The van der Waals surface area contributed by atoms with E-state index in [9.17, 15) is 9.59 Å². The van der Waals surface area contributed by atoms with E-state index >= 15 is 0 Å². The Morgan fingerprint density at radius 3 is 2.77 bits per heavy atom. The van der Waals surface area contributed by atoms with Crippen molar-refractivity contribution in [1.82, 2.24) is 15.3 Å². The number of methoxy groups -OCH3 is 1. The van der Waals surface area contributed by atoms with E-state index in [0.717, 1.165) is 5.69 Å². The van der Waals surface area contributed by atoms with Crippen molar-refractivity contribution in [2.45, 2.75) is 19.9 Å². The van der Waals surface area contributed by atoms with Crippen LogP contribution in [0.1, 0.15) is 33.5 Å². The number of nitrogens with one attached hydrogen (secondary N) is 2. The Balaban J connectivity index is 2.28. The number of H-pyrrole nitrogens is 1. The summed E-state index contributed by atoms with van der Waals surface area (Å²) in [7, 11) is 1.55. The van der Waals surface area contributed by atoms with Crippen LogP contribution in [0.4, 0.5) is 0 Å². The van der Waals surface area contributed by atoms with E-state index in [1.54, 1.807) is 39.3 Å². The molecule has 0 bridgehead atoms. The van der Waals surface area contributed by atoms with Crippen LogP contribution in [0.25, 0.3) is 0 Å². The third-order valence-electron chi connectivity index (χ3n) is 3.26. The lowest BCUT2D eigenvalue weighted by Gasteiger charge is -2.18. The second kappa shape index (κ2) is 7.00. The number of amides is 1. The molecule has 22 heavy (non-hydrogen) atoms. The molecule has 2 N–H and O–H groups in total. The summed E-state index contributed by atoms with van der Waals surface area (Å²) < 4.78 is 5.13. The molecule has 0 aliphatic rings. The van der Waals surface area contributed by atoms with E-state index in [4.69, 9.17) is 4.74 Å². The molecule has 0 aliphatic heterocycles. The fourth-order valence-corrected chi connectivity index (χ4v) is 2.31. The minimum Gasteiger partial charge on any atom is -0.382 e. The van der Waals surface area contributed by atoms with Gasteiger partial charge < -0.3 is 15.0 Å². The first-order chi connectivity index (χ1) is 10.5. The summed E-state index contributed by atoms with van der Waals surface area (Å²) in [5, 5.41) is 2.81. The lowest BCUT2D eigenvalue weighted by atomic mass is 10.1. The zero-order valence-electron chi connectivity index (χ0n) is 12.8. The van der Waals surface area contributed by atoms with Gasteiger partial charge >= 0.3 is 0 Å². The number of hydrogen-bond acceptors (Lipinski definition) is 4. The highest BCUT2D eigenvalue weighted by Gasteiger charge is 2.20. The summed E-state index contributed by atoms with van der Waals surface area (Å²) in [6.07, 6.45) is 1.65. The third-order valence-corrected chi connectivity index (χ3v) is 3.26. The van der Waals surface area contributed by atoms with E-state index in [0.29, 0.717) is 11.4 Å². The maximum Gasteiger partial charge on any atom is 0.257 e. The fraction of sp³-hybridized carbons (Fsp3) is 0.312. The van der Waals surface area contributed by atoms with E-state index in [-0.39, 0.29) is 17.6 Å². The van der Waals surface area contributed by atoms with Gasteiger partial charge in [0.2, 0.25) is 0 Å². The number of ether oxygens (including phenoxy) is 1. The number of pyridine rings is 2. The predicted molar refractivity (Wildman–Crippen MR) is 82.9 cm³/mol. The van der Waals surface area contributed by atoms with Crippen molar-refractivity contribution in [2.75, 3.05) is 13.7 Å². The smallest absolute Gasteiger partial charge is 0.257 e. The molecule has 0 saturated heterocycles. The van der Waals surface area contributed by atoms with Gasteiger partial charge in [-0.15, -0.1) is 0 Å². The first kappa shape index (κ1) is 15.9. The topological polar surface area (TPSA) is 84.1 Å². The molecular weight excluding hydrogens is 282 g/mol. The summed E-state index contributed by atoms with van der Waals surface area (Å²) >= 11 is 0. The van der Waals surface area contributed by atoms with Crippen LogP contribution in [0.15, 0.2) is 35.3 Å². The molecule has 2 aromatic heterocycles. The zero-order valence-corrected chi connectivity index (χ0v) is 12.8. The van der Waals surface area contributed by atoms with E-state index in [1.807, 2.05) is 6.07 Å². The molecule has 2 rings (SSSR count). The van der Waals surface area contributed by atoms with Gasteiger partial charge in [-0.3, -0.25) is 14.6 Å². The van der Waals surface area contributed by atoms with Crippen molar-refractivity contribution in [3.63, 3.8) is 0 Å². The highest BCUT2D eigenvalue weighted by Crippen LogP contribution is 2.11. The number of aryl methyl sites for hydroxylation is 2. The molecule has 116 valence electrons. The van der Waals surface area contributed by atoms with Gasteiger partial charge in [-0.25, -0.2) is 0 Å². The van der Waals surface area contributed by atoms with Gasteiger partial charge in [0.1, 0.15) is 5.56 Å². The van der Waals surface area contributed by atoms with Gasteiger partial charge in [0.15, 0.2) is 5.43 Å². The Morgan fingerprint density at radius 2 is 2.18 bits per heavy atom. The normalized spacial score (nSPS) is 12.0. The third kappa shape index (κ3) is 3.59. The number of rotatable bonds is 5. The van der Waals surface area contributed by atoms with Crippen molar-refractivity contribution < 1.29 is 9.53 Å². The van der Waals surface area contributed by atoms with Crippen LogP contribution >= 0.6 is 0 Å². The number of aromatic amines is 1. The molecule has 0 saturated carbocycles. The molecule has 0 aromatic carbocycles. The van der Waals surface area contributed by atoms with Gasteiger partial charge in [0.05, 0.1) is 18.3 Å². The second-order valence-corrected chi connectivity index (χ2v) is 5.05. The molecule has 1 atom stereocenters. The minimum absolute atomic E-state index is 0.114. The van der Waals surface area contributed by atoms with Crippen LogP contribution in [0.3, 0.4) is 0 Å². The minimum atomic E-state index is -0.438. The summed E-state index contributed by atoms with van der Waals surface area (Å²) in [5.41, 5.74) is 1.75. The first-order valence-corrected chi connectivity index (χ1v) is 6.94. The Bertz CT molecular complexity index is 710. The first-order valence-electron chi connectivity index (χ1n) is 6.94. The number of carbonyl (C=O) groups is 1. The Labute approximate surface area is 128 Å². The van der Waals surface area contributed by atoms with Crippen LogP contribution < -0.4 is 10.7 Å². The van der Waals surface area contributed by atoms with Crippen molar-refractivity contribution in [3.05, 3.63) is 63.3 Å². The molecule has 2 heterocycles. The van der Waals surface area contributed by atoms with E-state index in [1.165, 1.54) is 6.07 Å². The monoisotopic (exact) mass is 301 g/mol. The molecule has 0 spiro atoms. The van der Waals surface area contributed by atoms with Gasteiger partial charge in [-0.1, -0.05) is 6.07 Å². The molecule has 0 fully saturated rings. The Hall–Kier alpha value is -2.47. The Kier molecular flexibility index (Phi) is 5.06. The molecule has 6 nitrogen and oxygen atoms in total. The van der Waals surface area contributed by atoms with Crippen molar-refractivity contribution in [2.24, 2.45) is 0 Å². The van der Waals surface area contributed by atoms with Gasteiger partial charge in [-0.2, -0.15) is 0 Å². The Morgan fingerprint density at radius 1 is 1.41 bits per heavy atom. The zero-order chi connectivity index (χ0) is 16.1. The van der Waals surface area contributed by atoms with Crippen molar-refractivity contribution >= 4 is 5.91 Å². The van der Waals surface area contributed by atoms with Crippen LogP contribution in [0.2, 0.25) is 0 Å². The summed E-state index contributed by atoms with van der Waals surface area (Å²) in [5.74, 6) is -0.438. The largest absolute Gasteiger partial charge is 0.382 e. The average Bonchev–Trinajstić information content (AvgIpc) is 2.46. The molecule has 0 radical (unpaired) electrons. The molecule has 2 aromatic rings. The lowest BCUT2D eigenvalue weighted by molar-refractivity contribution is 0.0892. The van der Waals surface area contributed by atoms with Gasteiger partial charge in [-0.05, 0) is 26.0 Å². The highest BCUT2D eigenvalue weighted by molar-refractivity contribution is 5.95. The molecule has 0 unspecified atom stereocenters. The molecule has 0 aliphatic carbocycles. The maximum absolute atomic E-state index is 12.4. The lowest BCUT2D eigenvalue weighted by Crippen LogP contribution is -2.35. The second-order valence-electron chi connectivity index (χ2n) is 5.05. The van der Waals surface area contributed by atoms with Crippen LogP contribution in [-0.2, 0) is 4.74 Å². The van der Waals surface area contributed by atoms with Gasteiger partial charge in [0.25, 0.3) is 5.91 Å². The van der Waals surface area contributed by atoms with Crippen LogP contribution in [0.5, 0.6) is 0 Å². The van der Waals surface area contributed by atoms with Crippen molar-refractivity contribution in [1.29, 1.82) is 0 Å². The number of hydrogen-bond donors (Lipinski definition) is 2. The highest BCUT2D eigenvalue weighted by atomic mass is 16.5. The summed E-state index contributed by atoms with van der Waals surface area (Å²) in [4.78, 5) is 31.7. The average molecular weight is 301 g/mol. The number of aromatic nitrogens is 2. The predicted octanol–water partition coefficient (Wildman–Crippen LogP) is 1.50. The van der Waals surface area contributed by atoms with Crippen LogP contribution in [0, 0.1) is 13.8 Å². The van der Waals surface area contributed by atoms with E-state index in [2.05, 4.69) is 15.3 Å². The maximum atomic E-state index is 12.4. The summed E-state index contributed by atoms with van der Waals surface area (Å²) in [6, 6.07) is 6.42. The van der Waals surface area contributed by atoms with Crippen molar-refractivity contribution in [3.8, 4) is 0 Å². The quantitative estimate of drug-likeness (QED) is 0.876. The number of carbonyl (C=O) groups excluding carboxylic acids is 1. The molecule has 6 heteroatoms. The van der Waals surface area contributed by atoms with E-state index < -0.39 is 11.9 Å². The van der Waals surface area contributed by atoms with Gasteiger partial charge in [0, 0.05) is 30.8 Å². The number of nitrogens with zero attached hydrogens (tertiary/aromatic N) is 1. The standard InChI is InChI=1S/C16H19N3O3/c1-10-8-14(20)15(11(2)18-10)16(21)19-13(9-22-3)12-6-4-5-7-17-12/h4-8,13H,9H2,1-3H3,(H,18,20)(H,19,21)/t13-/m0/s1. The SMILES string of the molecule is COC[C@H](NC(=O)c1c(C)[nH]c(C)cc1=O)c1ccccn1. The van der Waals surface area contributed by atoms with Crippen LogP contribution in [-0.4, -0.2) is 29.6 Å². The molecule has 1 amide bonds.